The molecule has 0 radical (unpaired) electrons. The van der Waals surface area contributed by atoms with Crippen molar-refractivity contribution in [1.82, 2.24) is 0 Å². The van der Waals surface area contributed by atoms with Crippen molar-refractivity contribution in [1.29, 1.82) is 0 Å². The van der Waals surface area contributed by atoms with Crippen molar-refractivity contribution >= 4 is 11.4 Å². The summed E-state index contributed by atoms with van der Waals surface area (Å²) in [5, 5.41) is 4.60. The highest BCUT2D eigenvalue weighted by molar-refractivity contribution is 5.59. The molecule has 2 heterocycles. The lowest BCUT2D eigenvalue weighted by molar-refractivity contribution is 0.0640. The van der Waals surface area contributed by atoms with E-state index in [0.29, 0.717) is 12.7 Å². The second-order valence-corrected chi connectivity index (χ2v) is 5.75. The van der Waals surface area contributed by atoms with Crippen LogP contribution in [-0.4, -0.2) is 38.5 Å². The molecule has 2 aliphatic heterocycles. The van der Waals surface area contributed by atoms with Gasteiger partial charge < -0.3 is 9.47 Å². The summed E-state index contributed by atoms with van der Waals surface area (Å²) in [5.74, 6) is 0. The van der Waals surface area contributed by atoms with Gasteiger partial charge in [-0.05, 0) is 24.3 Å². The third-order valence-corrected chi connectivity index (χ3v) is 4.07. The molecule has 0 aromatic heterocycles. The molecule has 2 aliphatic rings. The molecular formula is C18H20N2O2. The van der Waals surface area contributed by atoms with Crippen LogP contribution in [0.5, 0.6) is 0 Å². The Morgan fingerprint density at radius 2 is 1.36 bits per heavy atom. The first-order chi connectivity index (χ1) is 10.9. The van der Waals surface area contributed by atoms with E-state index in [0.717, 1.165) is 19.7 Å². The van der Waals surface area contributed by atoms with Crippen molar-refractivity contribution in [2.75, 3.05) is 36.3 Å². The maximum absolute atomic E-state index is 6.02. The molecule has 1 unspecified atom stereocenters. The zero-order chi connectivity index (χ0) is 14.8. The van der Waals surface area contributed by atoms with Crippen molar-refractivity contribution in [3.05, 3.63) is 60.7 Å². The first kappa shape index (κ1) is 13.6. The molecule has 4 nitrogen and oxygen atoms in total. The molecular weight excluding hydrogens is 276 g/mol. The largest absolute Gasteiger partial charge is 0.372 e. The molecule has 4 heteroatoms. The molecule has 0 N–H and O–H groups in total. The van der Waals surface area contributed by atoms with E-state index >= 15 is 0 Å². The van der Waals surface area contributed by atoms with Gasteiger partial charge >= 0.3 is 0 Å². The SMILES string of the molecule is c1ccc(N2CC(OCC3CO3)CN2c2ccccc2)cc1. The van der Waals surface area contributed by atoms with Crippen LogP contribution in [0.25, 0.3) is 0 Å². The fraction of sp³-hybridized carbons (Fsp3) is 0.333. The van der Waals surface area contributed by atoms with Gasteiger partial charge in [0.2, 0.25) is 0 Å². The predicted molar refractivity (Wildman–Crippen MR) is 87.1 cm³/mol. The minimum Gasteiger partial charge on any atom is -0.372 e. The summed E-state index contributed by atoms with van der Waals surface area (Å²) >= 11 is 0. The van der Waals surface area contributed by atoms with E-state index in [4.69, 9.17) is 9.47 Å². The standard InChI is InChI=1S/C18H20N2O2/c1-3-7-15(8-4-1)19-11-17(21-13-18-14-22-18)12-20(19)16-9-5-2-6-10-16/h1-10,17-18H,11-14H2. The summed E-state index contributed by atoms with van der Waals surface area (Å²) < 4.78 is 11.3. The Morgan fingerprint density at radius 3 is 1.82 bits per heavy atom. The molecule has 2 fully saturated rings. The lowest BCUT2D eigenvalue weighted by Gasteiger charge is -2.31. The molecule has 2 aromatic carbocycles. The van der Waals surface area contributed by atoms with Gasteiger partial charge in [0.05, 0.1) is 43.8 Å². The fourth-order valence-corrected chi connectivity index (χ4v) is 2.84. The summed E-state index contributed by atoms with van der Waals surface area (Å²) in [6, 6.07) is 21.0. The van der Waals surface area contributed by atoms with Crippen LogP contribution in [0.2, 0.25) is 0 Å². The van der Waals surface area contributed by atoms with Gasteiger partial charge in [-0.1, -0.05) is 36.4 Å². The molecule has 0 saturated carbocycles. The number of epoxide rings is 1. The normalized spacial score (nSPS) is 21.4. The van der Waals surface area contributed by atoms with Crippen molar-refractivity contribution in [2.45, 2.75) is 12.2 Å². The van der Waals surface area contributed by atoms with Crippen LogP contribution in [0.15, 0.2) is 60.7 Å². The predicted octanol–water partition coefficient (Wildman–Crippen LogP) is 2.71. The summed E-state index contributed by atoms with van der Waals surface area (Å²) in [6.45, 7) is 3.28. The van der Waals surface area contributed by atoms with Gasteiger partial charge in [0, 0.05) is 0 Å². The van der Waals surface area contributed by atoms with Gasteiger partial charge in [0.25, 0.3) is 0 Å². The van der Waals surface area contributed by atoms with Crippen molar-refractivity contribution < 1.29 is 9.47 Å². The topological polar surface area (TPSA) is 28.2 Å². The number of anilines is 2. The smallest absolute Gasteiger partial charge is 0.104 e. The van der Waals surface area contributed by atoms with Gasteiger partial charge in [-0.2, -0.15) is 0 Å². The summed E-state index contributed by atoms with van der Waals surface area (Å²) in [4.78, 5) is 0. The monoisotopic (exact) mass is 296 g/mol. The lowest BCUT2D eigenvalue weighted by Crippen LogP contribution is -2.36. The number of hydrazine groups is 1. The zero-order valence-corrected chi connectivity index (χ0v) is 12.5. The minimum absolute atomic E-state index is 0.199. The van der Waals surface area contributed by atoms with E-state index in [1.807, 2.05) is 12.1 Å². The molecule has 2 aromatic rings. The van der Waals surface area contributed by atoms with E-state index in [1.165, 1.54) is 11.4 Å². The first-order valence-electron chi connectivity index (χ1n) is 7.78. The highest BCUT2D eigenvalue weighted by atomic mass is 16.6. The Hall–Kier alpha value is -2.04. The molecule has 0 amide bonds. The molecule has 0 bridgehead atoms. The number of nitrogens with zero attached hydrogens (tertiary/aromatic N) is 2. The van der Waals surface area contributed by atoms with E-state index in [-0.39, 0.29) is 6.10 Å². The molecule has 2 saturated heterocycles. The number of hydrogen-bond acceptors (Lipinski definition) is 4. The Morgan fingerprint density at radius 1 is 0.864 bits per heavy atom. The van der Waals surface area contributed by atoms with Crippen LogP contribution in [0.4, 0.5) is 11.4 Å². The van der Waals surface area contributed by atoms with Gasteiger partial charge in [0.15, 0.2) is 0 Å². The first-order valence-corrected chi connectivity index (χ1v) is 7.78. The highest BCUT2D eigenvalue weighted by Gasteiger charge is 2.33. The maximum Gasteiger partial charge on any atom is 0.104 e. The molecule has 114 valence electrons. The second-order valence-electron chi connectivity index (χ2n) is 5.75. The molecule has 4 rings (SSSR count). The van der Waals surface area contributed by atoms with Gasteiger partial charge in [-0.3, -0.25) is 10.0 Å². The van der Waals surface area contributed by atoms with Crippen LogP contribution in [-0.2, 0) is 9.47 Å². The van der Waals surface area contributed by atoms with Gasteiger partial charge in [-0.15, -0.1) is 0 Å². The van der Waals surface area contributed by atoms with E-state index in [2.05, 4.69) is 58.5 Å². The van der Waals surface area contributed by atoms with Crippen molar-refractivity contribution in [2.24, 2.45) is 0 Å². The Kier molecular flexibility index (Phi) is 3.70. The number of ether oxygens (including phenoxy) is 2. The Bertz CT molecular complexity index is 553. The van der Waals surface area contributed by atoms with Crippen LogP contribution in [0, 0.1) is 0 Å². The maximum atomic E-state index is 6.02. The van der Waals surface area contributed by atoms with Gasteiger partial charge in [-0.25, -0.2) is 0 Å². The Labute approximate surface area is 130 Å². The third kappa shape index (κ3) is 2.93. The van der Waals surface area contributed by atoms with Crippen LogP contribution >= 0.6 is 0 Å². The average molecular weight is 296 g/mol. The van der Waals surface area contributed by atoms with Crippen molar-refractivity contribution in [3.8, 4) is 0 Å². The van der Waals surface area contributed by atoms with Crippen molar-refractivity contribution in [3.63, 3.8) is 0 Å². The number of hydrogen-bond donors (Lipinski definition) is 0. The van der Waals surface area contributed by atoms with Crippen LogP contribution in [0.1, 0.15) is 0 Å². The molecule has 0 spiro atoms. The molecule has 1 atom stereocenters. The summed E-state index contributed by atoms with van der Waals surface area (Å²) in [7, 11) is 0. The average Bonchev–Trinajstić information content (AvgIpc) is 3.32. The highest BCUT2D eigenvalue weighted by Crippen LogP contribution is 2.28. The second kappa shape index (κ2) is 5.99. The van der Waals surface area contributed by atoms with Crippen LogP contribution < -0.4 is 10.0 Å². The molecule has 0 aliphatic carbocycles. The minimum atomic E-state index is 0.199. The van der Waals surface area contributed by atoms with E-state index < -0.39 is 0 Å². The molecule has 22 heavy (non-hydrogen) atoms. The summed E-state index contributed by atoms with van der Waals surface area (Å²) in [6.07, 6.45) is 0.514. The Balaban J connectivity index is 1.55. The van der Waals surface area contributed by atoms with Crippen LogP contribution in [0.3, 0.4) is 0 Å². The van der Waals surface area contributed by atoms with Gasteiger partial charge in [0.1, 0.15) is 6.10 Å². The number of para-hydroxylation sites is 2. The van der Waals surface area contributed by atoms with E-state index in [9.17, 15) is 0 Å². The quantitative estimate of drug-likeness (QED) is 0.793. The number of rotatable bonds is 5. The lowest BCUT2D eigenvalue weighted by atomic mass is 10.3. The number of benzene rings is 2. The fourth-order valence-electron chi connectivity index (χ4n) is 2.84. The third-order valence-electron chi connectivity index (χ3n) is 4.07. The zero-order valence-electron chi connectivity index (χ0n) is 12.5. The summed E-state index contributed by atoms with van der Waals surface area (Å²) in [5.41, 5.74) is 2.39. The van der Waals surface area contributed by atoms with E-state index in [1.54, 1.807) is 0 Å².